The van der Waals surface area contributed by atoms with Gasteiger partial charge in [0.05, 0.1) is 10.5 Å². The van der Waals surface area contributed by atoms with Crippen molar-refractivity contribution in [3.8, 4) is 0 Å². The molecule has 1 aromatic carbocycles. The molecule has 8 nitrogen and oxygen atoms in total. The van der Waals surface area contributed by atoms with E-state index in [4.69, 9.17) is 4.55 Å². The van der Waals surface area contributed by atoms with Gasteiger partial charge < -0.3 is 9.76 Å². The summed E-state index contributed by atoms with van der Waals surface area (Å²) in [7, 11) is -9.70. The van der Waals surface area contributed by atoms with Gasteiger partial charge in [-0.3, -0.25) is 4.55 Å². The smallest absolute Gasteiger partial charge is 0.744 e. The summed E-state index contributed by atoms with van der Waals surface area (Å²) in [6.45, 7) is 4.71. The van der Waals surface area contributed by atoms with E-state index in [1.165, 1.54) is 0 Å². The number of nitrogens with zero attached hydrogens (tertiary/aromatic N) is 1. The van der Waals surface area contributed by atoms with E-state index >= 15 is 0 Å². The predicted octanol–water partition coefficient (Wildman–Crippen LogP) is -5.43. The third-order valence-corrected chi connectivity index (χ3v) is 4.21. The normalized spacial score (nSPS) is 13.0. The third-order valence-electron chi connectivity index (χ3n) is 2.47. The second-order valence-electron chi connectivity index (χ2n) is 5.25. The summed E-state index contributed by atoms with van der Waals surface area (Å²) < 4.78 is 64.8. The van der Waals surface area contributed by atoms with Gasteiger partial charge in [-0.15, -0.1) is 0 Å². The van der Waals surface area contributed by atoms with Gasteiger partial charge in [-0.25, -0.2) is 13.2 Å². The van der Waals surface area contributed by atoms with Gasteiger partial charge in [0.1, 0.15) is 15.0 Å². The van der Waals surface area contributed by atoms with Crippen molar-refractivity contribution < 1.29 is 89.8 Å². The molecule has 0 heterocycles. The molecule has 0 saturated heterocycles. The summed E-state index contributed by atoms with van der Waals surface area (Å²) in [4.78, 5) is -1.65. The molecule has 0 saturated carbocycles. The monoisotopic (exact) mass is 382 g/mol. The third kappa shape index (κ3) is 7.51. The molecule has 0 aliphatic heterocycles. The zero-order valence-electron chi connectivity index (χ0n) is 13.5. The second kappa shape index (κ2) is 8.75. The number of benzene rings is 1. The molecule has 0 aliphatic rings. The molecule has 23 heavy (non-hydrogen) atoms. The van der Waals surface area contributed by atoms with Crippen molar-refractivity contribution in [1.82, 2.24) is 0 Å². The molecule has 0 fully saturated rings. The summed E-state index contributed by atoms with van der Waals surface area (Å²) >= 11 is 0. The average molecular weight is 382 g/mol. The van der Waals surface area contributed by atoms with Crippen molar-refractivity contribution >= 4 is 26.5 Å². The van der Waals surface area contributed by atoms with E-state index in [1.54, 1.807) is 20.8 Å². The molecule has 0 spiro atoms. The van der Waals surface area contributed by atoms with Crippen LogP contribution >= 0.6 is 0 Å². The molecule has 0 bridgehead atoms. The first-order valence-electron chi connectivity index (χ1n) is 5.62. The molecule has 0 unspecified atom stereocenters. The molecular formula is C11H14NNa2O7S2+. The molecule has 1 aromatic rings. The van der Waals surface area contributed by atoms with Crippen LogP contribution in [0.15, 0.2) is 28.0 Å². The van der Waals surface area contributed by atoms with Gasteiger partial charge in [0.25, 0.3) is 10.1 Å². The standard InChI is InChI=1S/C11H15NO7S2.2Na/c1-11(2,3)12(13)7-8-4-5-9(20(14,15)16)6-10(8)21(17,18)19;;/h4-7H,1-3H3,(H,14,15,16)(H,17,18,19);;/q;2*+1/p-1/b12-7+;;. The van der Waals surface area contributed by atoms with E-state index in [0.29, 0.717) is 10.8 Å². The first-order chi connectivity index (χ1) is 9.23. The topological polar surface area (TPSA) is 138 Å². The first kappa shape index (κ1) is 25.7. The second-order valence-corrected chi connectivity index (χ2v) is 8.02. The molecule has 118 valence electrons. The van der Waals surface area contributed by atoms with E-state index in [-0.39, 0.29) is 64.7 Å². The van der Waals surface area contributed by atoms with Crippen LogP contribution in [-0.4, -0.2) is 42.4 Å². The Morgan fingerprint density at radius 3 is 1.96 bits per heavy atom. The molecule has 1 N–H and O–H groups in total. The molecule has 0 radical (unpaired) electrons. The summed E-state index contributed by atoms with van der Waals surface area (Å²) in [5, 5.41) is 11.8. The minimum Gasteiger partial charge on any atom is -0.744 e. The van der Waals surface area contributed by atoms with E-state index < -0.39 is 35.6 Å². The van der Waals surface area contributed by atoms with Crippen LogP contribution in [0.2, 0.25) is 0 Å². The van der Waals surface area contributed by atoms with Crippen molar-refractivity contribution in [2.45, 2.75) is 36.1 Å². The summed E-state index contributed by atoms with van der Waals surface area (Å²) in [5.41, 5.74) is -1.10. The van der Waals surface area contributed by atoms with Crippen LogP contribution in [0.4, 0.5) is 0 Å². The maximum atomic E-state index is 11.8. The fraction of sp³-hybridized carbons (Fsp3) is 0.364. The number of rotatable bonds is 3. The van der Waals surface area contributed by atoms with Crippen molar-refractivity contribution in [3.05, 3.63) is 29.0 Å². The molecule has 0 aromatic heterocycles. The van der Waals surface area contributed by atoms with Crippen LogP contribution in [0.1, 0.15) is 26.3 Å². The van der Waals surface area contributed by atoms with Crippen molar-refractivity contribution in [2.75, 3.05) is 0 Å². The zero-order valence-corrected chi connectivity index (χ0v) is 19.1. The largest absolute Gasteiger partial charge is 1.00 e. The van der Waals surface area contributed by atoms with Gasteiger partial charge in [-0.2, -0.15) is 8.42 Å². The quantitative estimate of drug-likeness (QED) is 0.138. The van der Waals surface area contributed by atoms with Gasteiger partial charge in [0.2, 0.25) is 0 Å². The Balaban J connectivity index is 0. The van der Waals surface area contributed by atoms with E-state index in [9.17, 15) is 26.6 Å². The van der Waals surface area contributed by atoms with Crippen LogP contribution in [0, 0.1) is 5.21 Å². The Labute approximate surface area is 179 Å². The van der Waals surface area contributed by atoms with Crippen LogP contribution in [-0.2, 0) is 20.2 Å². The van der Waals surface area contributed by atoms with E-state index in [0.717, 1.165) is 18.3 Å². The Bertz CT molecular complexity index is 796. The SMILES string of the molecule is CC(C)(C)/[N+]([O-])=C\c1ccc(S(=O)(=O)[O-])cc1S(=O)(=O)O.[Na+].[Na+]. The van der Waals surface area contributed by atoms with Gasteiger partial charge >= 0.3 is 59.1 Å². The zero-order chi connectivity index (χ0) is 16.6. The number of hydroxylamine groups is 1. The van der Waals surface area contributed by atoms with Crippen LogP contribution < -0.4 is 59.1 Å². The molecule has 1 rings (SSSR count). The average Bonchev–Trinajstić information content (AvgIpc) is 2.25. The first-order valence-corrected chi connectivity index (χ1v) is 8.46. The Hall–Kier alpha value is 0.510. The molecular weight excluding hydrogens is 368 g/mol. The molecule has 12 heteroatoms. The van der Waals surface area contributed by atoms with Gasteiger partial charge in [-0.1, -0.05) is 0 Å². The fourth-order valence-corrected chi connectivity index (χ4v) is 2.59. The predicted molar refractivity (Wildman–Crippen MR) is 72.8 cm³/mol. The van der Waals surface area contributed by atoms with Gasteiger partial charge in [0, 0.05) is 20.8 Å². The summed E-state index contributed by atoms with van der Waals surface area (Å²) in [6.07, 6.45) is 0.893. The van der Waals surface area contributed by atoms with E-state index in [1.807, 2.05) is 0 Å². The van der Waals surface area contributed by atoms with Crippen molar-refractivity contribution in [2.24, 2.45) is 0 Å². The van der Waals surface area contributed by atoms with Crippen molar-refractivity contribution in [1.29, 1.82) is 0 Å². The van der Waals surface area contributed by atoms with Crippen LogP contribution in [0.25, 0.3) is 0 Å². The van der Waals surface area contributed by atoms with Crippen LogP contribution in [0.3, 0.4) is 0 Å². The minimum atomic E-state index is -4.89. The molecule has 0 atom stereocenters. The Morgan fingerprint density at radius 2 is 1.61 bits per heavy atom. The van der Waals surface area contributed by atoms with Crippen molar-refractivity contribution in [3.63, 3.8) is 0 Å². The Morgan fingerprint density at radius 1 is 1.13 bits per heavy atom. The maximum absolute atomic E-state index is 11.8. The summed E-state index contributed by atoms with van der Waals surface area (Å²) in [5.74, 6) is 0. The molecule has 0 amide bonds. The number of hydrogen-bond acceptors (Lipinski definition) is 6. The maximum Gasteiger partial charge on any atom is 1.00 e. The van der Waals surface area contributed by atoms with Gasteiger partial charge in [-0.05, 0) is 18.2 Å². The van der Waals surface area contributed by atoms with Crippen LogP contribution in [0.5, 0.6) is 0 Å². The van der Waals surface area contributed by atoms with E-state index in [2.05, 4.69) is 0 Å². The molecule has 0 aliphatic carbocycles. The summed E-state index contributed by atoms with van der Waals surface area (Å²) in [6, 6.07) is 2.34. The minimum absolute atomic E-state index is 0. The number of hydrogen-bond donors (Lipinski definition) is 1. The van der Waals surface area contributed by atoms with Gasteiger partial charge in [0.15, 0.2) is 11.8 Å². The Kier molecular flexibility index (Phi) is 9.79. The fourth-order valence-electron chi connectivity index (χ4n) is 1.32.